The molecule has 0 spiro atoms. The summed E-state index contributed by atoms with van der Waals surface area (Å²) in [6.45, 7) is 1.62. The van der Waals surface area contributed by atoms with Crippen LogP contribution in [0.5, 0.6) is 0 Å². The number of carbonyl (C=O) groups is 1. The summed E-state index contributed by atoms with van der Waals surface area (Å²) in [4.78, 5) is 28.4. The van der Waals surface area contributed by atoms with Crippen molar-refractivity contribution in [1.82, 2.24) is 9.38 Å². The van der Waals surface area contributed by atoms with Crippen molar-refractivity contribution in [1.29, 1.82) is 0 Å². The number of fused-ring (bicyclic) bond motifs is 1. The first kappa shape index (κ1) is 17.1. The van der Waals surface area contributed by atoms with Gasteiger partial charge < -0.3 is 4.74 Å². The molecule has 2 aromatic heterocycles. The maximum atomic E-state index is 13.7. The number of aryl methyl sites for hydroxylation is 1. The van der Waals surface area contributed by atoms with Crippen molar-refractivity contribution < 1.29 is 13.9 Å². The molecule has 1 aromatic carbocycles. The zero-order chi connectivity index (χ0) is 18.0. The Kier molecular flexibility index (Phi) is 4.81. The van der Waals surface area contributed by atoms with Gasteiger partial charge in [-0.05, 0) is 31.2 Å². The molecule has 2 heterocycles. The number of hydrogen-bond donors (Lipinski definition) is 0. The van der Waals surface area contributed by atoms with Crippen LogP contribution in [0.25, 0.3) is 5.65 Å². The van der Waals surface area contributed by atoms with Crippen LogP contribution in [0.1, 0.15) is 17.0 Å². The first-order chi connectivity index (χ1) is 12.0. The number of aromatic nitrogens is 2. The van der Waals surface area contributed by atoms with Crippen molar-refractivity contribution in [2.75, 3.05) is 0 Å². The lowest BCUT2D eigenvalue weighted by Crippen LogP contribution is -2.18. The number of nitrogens with zero attached hydrogens (tertiary/aromatic N) is 2. The maximum Gasteiger partial charge on any atom is 0.310 e. The lowest BCUT2D eigenvalue weighted by atomic mass is 10.1. The lowest BCUT2D eigenvalue weighted by Gasteiger charge is -2.08. The number of benzene rings is 1. The second-order valence-electron chi connectivity index (χ2n) is 5.48. The summed E-state index contributed by atoms with van der Waals surface area (Å²) in [5.41, 5.74) is 1.37. The fraction of sp³-hybridized carbons (Fsp3) is 0.167. The first-order valence-corrected chi connectivity index (χ1v) is 7.90. The highest BCUT2D eigenvalue weighted by Gasteiger charge is 2.14. The minimum atomic E-state index is -0.654. The van der Waals surface area contributed by atoms with Gasteiger partial charge in [0.05, 0.1) is 12.1 Å². The van der Waals surface area contributed by atoms with Crippen LogP contribution in [0.4, 0.5) is 4.39 Å². The Morgan fingerprint density at radius 2 is 2.04 bits per heavy atom. The molecule has 3 aromatic rings. The smallest absolute Gasteiger partial charge is 0.310 e. The van der Waals surface area contributed by atoms with Crippen LogP contribution in [0.2, 0.25) is 5.02 Å². The molecule has 5 nitrogen and oxygen atoms in total. The molecule has 0 fully saturated rings. The summed E-state index contributed by atoms with van der Waals surface area (Å²) in [7, 11) is 0. The van der Waals surface area contributed by atoms with Crippen LogP contribution in [0, 0.1) is 12.7 Å². The van der Waals surface area contributed by atoms with Gasteiger partial charge in [-0.25, -0.2) is 9.37 Å². The zero-order valence-corrected chi connectivity index (χ0v) is 14.1. The van der Waals surface area contributed by atoms with Gasteiger partial charge in [-0.15, -0.1) is 0 Å². The predicted octanol–water partition coefficient (Wildman–Crippen LogP) is 3.08. The van der Waals surface area contributed by atoms with Gasteiger partial charge in [0.15, 0.2) is 0 Å². The van der Waals surface area contributed by atoms with E-state index in [9.17, 15) is 14.0 Å². The summed E-state index contributed by atoms with van der Waals surface area (Å²) in [5, 5.41) is 0.162. The molecule has 0 amide bonds. The maximum absolute atomic E-state index is 13.7. The molecule has 128 valence electrons. The van der Waals surface area contributed by atoms with E-state index >= 15 is 0 Å². The molecule has 0 radical (unpaired) electrons. The van der Waals surface area contributed by atoms with E-state index in [1.54, 1.807) is 25.1 Å². The molecule has 3 rings (SSSR count). The average Bonchev–Trinajstić information content (AvgIpc) is 2.56. The van der Waals surface area contributed by atoms with E-state index < -0.39 is 11.8 Å². The van der Waals surface area contributed by atoms with E-state index in [0.717, 1.165) is 5.69 Å². The van der Waals surface area contributed by atoms with Crippen LogP contribution < -0.4 is 5.56 Å². The van der Waals surface area contributed by atoms with Crippen molar-refractivity contribution in [2.24, 2.45) is 0 Å². The van der Waals surface area contributed by atoms with Crippen molar-refractivity contribution >= 4 is 23.2 Å². The molecule has 0 atom stereocenters. The van der Waals surface area contributed by atoms with Crippen LogP contribution in [-0.2, 0) is 22.6 Å². The third-order valence-corrected chi connectivity index (χ3v) is 4.05. The molecule has 0 saturated heterocycles. The first-order valence-electron chi connectivity index (χ1n) is 7.52. The SMILES string of the molecule is Cc1cccc2nc(COC(=O)Cc3c(F)cccc3Cl)cc(=O)n12. The molecule has 25 heavy (non-hydrogen) atoms. The van der Waals surface area contributed by atoms with Gasteiger partial charge in [0.2, 0.25) is 0 Å². The van der Waals surface area contributed by atoms with Gasteiger partial charge in [0, 0.05) is 22.3 Å². The minimum absolute atomic E-state index is 0.0799. The van der Waals surface area contributed by atoms with Crippen LogP contribution in [0.15, 0.2) is 47.3 Å². The number of esters is 1. The highest BCUT2D eigenvalue weighted by molar-refractivity contribution is 6.31. The Balaban J connectivity index is 1.74. The molecule has 0 bridgehead atoms. The summed E-state index contributed by atoms with van der Waals surface area (Å²) in [6.07, 6.45) is -0.294. The molecule has 0 aliphatic rings. The third kappa shape index (κ3) is 3.69. The van der Waals surface area contributed by atoms with E-state index in [4.69, 9.17) is 16.3 Å². The van der Waals surface area contributed by atoms with Crippen LogP contribution in [0.3, 0.4) is 0 Å². The summed E-state index contributed by atoms with van der Waals surface area (Å²) in [6, 6.07) is 10.8. The van der Waals surface area contributed by atoms with Crippen molar-refractivity contribution in [3.8, 4) is 0 Å². The normalized spacial score (nSPS) is 10.8. The van der Waals surface area contributed by atoms with E-state index in [1.165, 1.54) is 28.7 Å². The molecule has 0 N–H and O–H groups in total. The van der Waals surface area contributed by atoms with Gasteiger partial charge in [0.1, 0.15) is 18.1 Å². The Bertz CT molecular complexity index is 997. The Labute approximate surface area is 147 Å². The molecule has 0 aliphatic heterocycles. The molecule has 0 saturated carbocycles. The summed E-state index contributed by atoms with van der Waals surface area (Å²) < 4.78 is 20.3. The standard InChI is InChI=1S/C18H14ClFN2O3/c1-11-4-2-7-16-21-12(8-17(23)22(11)16)10-25-18(24)9-13-14(19)5-3-6-15(13)20/h2-8H,9-10H2,1H3. The third-order valence-electron chi connectivity index (χ3n) is 3.70. The van der Waals surface area contributed by atoms with Gasteiger partial charge in [-0.2, -0.15) is 0 Å². The number of carbonyl (C=O) groups excluding carboxylic acids is 1. The fourth-order valence-corrected chi connectivity index (χ4v) is 2.72. The average molecular weight is 361 g/mol. The summed E-state index contributed by atoms with van der Waals surface area (Å²) >= 11 is 5.89. The van der Waals surface area contributed by atoms with Crippen molar-refractivity contribution in [3.63, 3.8) is 0 Å². The van der Waals surface area contributed by atoms with E-state index in [2.05, 4.69) is 4.98 Å². The zero-order valence-electron chi connectivity index (χ0n) is 13.3. The number of halogens is 2. The molecule has 0 unspecified atom stereocenters. The highest BCUT2D eigenvalue weighted by Crippen LogP contribution is 2.19. The number of pyridine rings is 1. The monoisotopic (exact) mass is 360 g/mol. The van der Waals surface area contributed by atoms with Gasteiger partial charge in [-0.3, -0.25) is 14.0 Å². The van der Waals surface area contributed by atoms with Gasteiger partial charge in [-0.1, -0.05) is 23.7 Å². The molecule has 0 aliphatic carbocycles. The molecule has 7 heteroatoms. The topological polar surface area (TPSA) is 60.7 Å². The number of rotatable bonds is 4. The Hall–Kier alpha value is -2.73. The largest absolute Gasteiger partial charge is 0.459 e. The van der Waals surface area contributed by atoms with Crippen LogP contribution in [-0.4, -0.2) is 15.4 Å². The fourth-order valence-electron chi connectivity index (χ4n) is 2.49. The van der Waals surface area contributed by atoms with E-state index in [0.29, 0.717) is 11.3 Å². The van der Waals surface area contributed by atoms with E-state index in [-0.39, 0.29) is 29.2 Å². The van der Waals surface area contributed by atoms with Crippen LogP contribution >= 0.6 is 11.6 Å². The Morgan fingerprint density at radius 3 is 2.80 bits per heavy atom. The van der Waals surface area contributed by atoms with Gasteiger partial charge >= 0.3 is 5.97 Å². The molecular weight excluding hydrogens is 347 g/mol. The Morgan fingerprint density at radius 1 is 1.28 bits per heavy atom. The number of hydrogen-bond acceptors (Lipinski definition) is 4. The van der Waals surface area contributed by atoms with Crippen molar-refractivity contribution in [3.05, 3.63) is 80.6 Å². The minimum Gasteiger partial charge on any atom is -0.459 e. The van der Waals surface area contributed by atoms with Crippen molar-refractivity contribution in [2.45, 2.75) is 20.0 Å². The second kappa shape index (κ2) is 7.03. The second-order valence-corrected chi connectivity index (χ2v) is 5.89. The summed E-state index contributed by atoms with van der Waals surface area (Å²) in [5.74, 6) is -1.22. The van der Waals surface area contributed by atoms with Gasteiger partial charge in [0.25, 0.3) is 5.56 Å². The predicted molar refractivity (Wildman–Crippen MR) is 91.1 cm³/mol. The quantitative estimate of drug-likeness (QED) is 0.671. The highest BCUT2D eigenvalue weighted by atomic mass is 35.5. The number of ether oxygens (including phenoxy) is 1. The van der Waals surface area contributed by atoms with E-state index in [1.807, 2.05) is 0 Å². The lowest BCUT2D eigenvalue weighted by molar-refractivity contribution is -0.144. The molecular formula is C18H14ClFN2O3.